The standard InChI is InChI=1S/C15H33N3O2/c1-11(8-12(2)19)9-16-14(20)17-13(3)15(4,5)10-18(6)7/h11-13,19H,8-10H2,1-7H3,(H2,16,17,20). The van der Waals surface area contributed by atoms with Gasteiger partial charge in [0.15, 0.2) is 0 Å². The van der Waals surface area contributed by atoms with E-state index in [-0.39, 0.29) is 29.5 Å². The molecular weight excluding hydrogens is 254 g/mol. The highest BCUT2D eigenvalue weighted by atomic mass is 16.3. The zero-order valence-corrected chi connectivity index (χ0v) is 14.2. The highest BCUT2D eigenvalue weighted by molar-refractivity contribution is 5.74. The summed E-state index contributed by atoms with van der Waals surface area (Å²) in [5.74, 6) is 0.269. The van der Waals surface area contributed by atoms with E-state index in [0.29, 0.717) is 13.0 Å². The largest absolute Gasteiger partial charge is 0.393 e. The van der Waals surface area contributed by atoms with E-state index in [4.69, 9.17) is 0 Å². The number of aliphatic hydroxyl groups is 1. The zero-order chi connectivity index (χ0) is 15.9. The van der Waals surface area contributed by atoms with Crippen LogP contribution in [0.3, 0.4) is 0 Å². The summed E-state index contributed by atoms with van der Waals surface area (Å²) < 4.78 is 0. The first kappa shape index (κ1) is 19.2. The van der Waals surface area contributed by atoms with E-state index in [1.165, 1.54) is 0 Å². The van der Waals surface area contributed by atoms with Gasteiger partial charge < -0.3 is 20.6 Å². The molecule has 0 aliphatic carbocycles. The number of hydrogen-bond donors (Lipinski definition) is 3. The third-order valence-corrected chi connectivity index (χ3v) is 3.60. The van der Waals surface area contributed by atoms with E-state index in [2.05, 4.69) is 29.4 Å². The van der Waals surface area contributed by atoms with Gasteiger partial charge >= 0.3 is 6.03 Å². The van der Waals surface area contributed by atoms with Crippen molar-refractivity contribution in [2.75, 3.05) is 27.2 Å². The predicted octanol–water partition coefficient (Wildman–Crippen LogP) is 1.67. The van der Waals surface area contributed by atoms with Crippen LogP contribution in [-0.4, -0.2) is 55.4 Å². The maximum absolute atomic E-state index is 11.9. The molecule has 0 saturated heterocycles. The fourth-order valence-corrected chi connectivity index (χ4v) is 2.33. The molecule has 2 amide bonds. The number of carbonyl (C=O) groups is 1. The molecule has 0 heterocycles. The van der Waals surface area contributed by atoms with Gasteiger partial charge in [-0.15, -0.1) is 0 Å². The maximum atomic E-state index is 11.9. The van der Waals surface area contributed by atoms with Crippen molar-refractivity contribution in [3.8, 4) is 0 Å². The molecule has 0 bridgehead atoms. The van der Waals surface area contributed by atoms with E-state index >= 15 is 0 Å². The van der Waals surface area contributed by atoms with Crippen molar-refractivity contribution in [3.63, 3.8) is 0 Å². The Balaban J connectivity index is 4.13. The topological polar surface area (TPSA) is 64.6 Å². The van der Waals surface area contributed by atoms with E-state index < -0.39 is 0 Å². The first-order chi connectivity index (χ1) is 9.04. The quantitative estimate of drug-likeness (QED) is 0.636. The number of urea groups is 1. The lowest BCUT2D eigenvalue weighted by Crippen LogP contribution is -2.50. The predicted molar refractivity (Wildman–Crippen MR) is 83.8 cm³/mol. The Morgan fingerprint density at radius 2 is 1.80 bits per heavy atom. The van der Waals surface area contributed by atoms with Crippen LogP contribution in [-0.2, 0) is 0 Å². The van der Waals surface area contributed by atoms with Gasteiger partial charge in [-0.3, -0.25) is 0 Å². The molecule has 3 atom stereocenters. The lowest BCUT2D eigenvalue weighted by Gasteiger charge is -2.34. The SMILES string of the molecule is CC(O)CC(C)CNC(=O)NC(C)C(C)(C)CN(C)C. The Hall–Kier alpha value is -0.810. The van der Waals surface area contributed by atoms with Crippen LogP contribution in [0.25, 0.3) is 0 Å². The summed E-state index contributed by atoms with van der Waals surface area (Å²) >= 11 is 0. The normalized spacial score (nSPS) is 16.6. The highest BCUT2D eigenvalue weighted by Gasteiger charge is 2.27. The minimum Gasteiger partial charge on any atom is -0.393 e. The van der Waals surface area contributed by atoms with Gasteiger partial charge in [-0.2, -0.15) is 0 Å². The third kappa shape index (κ3) is 8.38. The molecule has 120 valence electrons. The second-order valence-electron chi connectivity index (χ2n) is 6.99. The minimum atomic E-state index is -0.326. The van der Waals surface area contributed by atoms with Crippen molar-refractivity contribution in [2.45, 2.75) is 53.2 Å². The summed E-state index contributed by atoms with van der Waals surface area (Å²) in [7, 11) is 4.07. The molecule has 0 rings (SSSR count). The van der Waals surface area contributed by atoms with Crippen molar-refractivity contribution >= 4 is 6.03 Å². The molecule has 0 aromatic heterocycles. The van der Waals surface area contributed by atoms with Gasteiger partial charge in [0.05, 0.1) is 6.10 Å². The summed E-state index contributed by atoms with van der Waals surface area (Å²) in [5.41, 5.74) is 0.00602. The third-order valence-electron chi connectivity index (χ3n) is 3.60. The average molecular weight is 287 g/mol. The van der Waals surface area contributed by atoms with Gasteiger partial charge in [-0.05, 0) is 45.7 Å². The van der Waals surface area contributed by atoms with Crippen LogP contribution in [0.1, 0.15) is 41.0 Å². The maximum Gasteiger partial charge on any atom is 0.315 e. The van der Waals surface area contributed by atoms with E-state index in [1.54, 1.807) is 6.92 Å². The molecule has 0 aliphatic heterocycles. The Morgan fingerprint density at radius 1 is 1.25 bits per heavy atom. The molecule has 0 aromatic rings. The molecule has 0 aliphatic rings. The number of aliphatic hydroxyl groups excluding tert-OH is 1. The molecule has 0 aromatic carbocycles. The zero-order valence-electron chi connectivity index (χ0n) is 14.2. The Labute approximate surface area is 124 Å². The van der Waals surface area contributed by atoms with Crippen LogP contribution < -0.4 is 10.6 Å². The summed E-state index contributed by atoms with van der Waals surface area (Å²) in [6.45, 7) is 11.6. The van der Waals surface area contributed by atoms with Crippen LogP contribution >= 0.6 is 0 Å². The molecule has 0 saturated carbocycles. The lowest BCUT2D eigenvalue weighted by molar-refractivity contribution is 0.161. The minimum absolute atomic E-state index is 0.00602. The number of rotatable bonds is 8. The van der Waals surface area contributed by atoms with Crippen molar-refractivity contribution in [1.82, 2.24) is 15.5 Å². The molecular formula is C15H33N3O2. The summed E-state index contributed by atoms with van der Waals surface area (Å²) in [6, 6.07) is -0.0567. The van der Waals surface area contributed by atoms with E-state index in [9.17, 15) is 9.90 Å². The fraction of sp³-hybridized carbons (Fsp3) is 0.933. The van der Waals surface area contributed by atoms with Crippen molar-refractivity contribution in [1.29, 1.82) is 0 Å². The van der Waals surface area contributed by atoms with Crippen molar-refractivity contribution in [3.05, 3.63) is 0 Å². The van der Waals surface area contributed by atoms with Gasteiger partial charge in [0.25, 0.3) is 0 Å². The molecule has 5 heteroatoms. The lowest BCUT2D eigenvalue weighted by atomic mass is 9.85. The van der Waals surface area contributed by atoms with Crippen LogP contribution in [0, 0.1) is 11.3 Å². The van der Waals surface area contributed by atoms with Gasteiger partial charge in [-0.25, -0.2) is 4.79 Å². The smallest absolute Gasteiger partial charge is 0.315 e. The van der Waals surface area contributed by atoms with Crippen LogP contribution in [0.5, 0.6) is 0 Å². The monoisotopic (exact) mass is 287 g/mol. The van der Waals surface area contributed by atoms with Crippen LogP contribution in [0.4, 0.5) is 4.79 Å². The molecule has 0 fully saturated rings. The van der Waals surface area contributed by atoms with Gasteiger partial charge in [0, 0.05) is 19.1 Å². The second-order valence-corrected chi connectivity index (χ2v) is 6.99. The number of nitrogens with one attached hydrogen (secondary N) is 2. The number of amides is 2. The molecule has 3 unspecified atom stereocenters. The van der Waals surface area contributed by atoms with Gasteiger partial charge in [-0.1, -0.05) is 20.8 Å². The molecule has 0 radical (unpaired) electrons. The fourth-order valence-electron chi connectivity index (χ4n) is 2.33. The molecule has 5 nitrogen and oxygen atoms in total. The Morgan fingerprint density at radius 3 is 2.25 bits per heavy atom. The number of hydrogen-bond acceptors (Lipinski definition) is 3. The average Bonchev–Trinajstić information content (AvgIpc) is 2.23. The second kappa shape index (κ2) is 8.47. The summed E-state index contributed by atoms with van der Waals surface area (Å²) in [6.07, 6.45) is 0.370. The number of carbonyl (C=O) groups excluding carboxylic acids is 1. The number of nitrogens with zero attached hydrogens (tertiary/aromatic N) is 1. The molecule has 3 N–H and O–H groups in total. The van der Waals surface area contributed by atoms with E-state index in [0.717, 1.165) is 6.54 Å². The molecule has 20 heavy (non-hydrogen) atoms. The highest BCUT2D eigenvalue weighted by Crippen LogP contribution is 2.21. The van der Waals surface area contributed by atoms with Gasteiger partial charge in [0.1, 0.15) is 0 Å². The molecule has 0 spiro atoms. The summed E-state index contributed by atoms with van der Waals surface area (Å²) in [5, 5.41) is 15.2. The van der Waals surface area contributed by atoms with Crippen molar-refractivity contribution in [2.24, 2.45) is 11.3 Å². The summed E-state index contributed by atoms with van der Waals surface area (Å²) in [4.78, 5) is 14.0. The first-order valence-electron chi connectivity index (χ1n) is 7.41. The van der Waals surface area contributed by atoms with Crippen LogP contribution in [0.15, 0.2) is 0 Å². The van der Waals surface area contributed by atoms with Crippen molar-refractivity contribution < 1.29 is 9.90 Å². The Bertz CT molecular complexity index is 291. The van der Waals surface area contributed by atoms with Gasteiger partial charge in [0.2, 0.25) is 0 Å². The first-order valence-corrected chi connectivity index (χ1v) is 7.41. The Kier molecular flexibility index (Phi) is 8.13. The van der Waals surface area contributed by atoms with Crippen LogP contribution in [0.2, 0.25) is 0 Å². The van der Waals surface area contributed by atoms with E-state index in [1.807, 2.05) is 27.9 Å².